The average Bonchev–Trinajstić information content (AvgIpc) is 3.27. The summed E-state index contributed by atoms with van der Waals surface area (Å²) in [7, 11) is 3.75. The fourth-order valence-corrected chi connectivity index (χ4v) is 5.31. The Morgan fingerprint density at radius 3 is 2.69 bits per heavy atom. The number of furan rings is 1. The van der Waals surface area contributed by atoms with Crippen molar-refractivity contribution in [3.8, 4) is 0 Å². The zero-order valence-electron chi connectivity index (χ0n) is 18.1. The van der Waals surface area contributed by atoms with Crippen LogP contribution in [0.15, 0.2) is 66.3 Å². The number of thiazole rings is 1. The number of anilines is 1. The molecule has 0 unspecified atom stereocenters. The topological polar surface area (TPSA) is 77.0 Å². The summed E-state index contributed by atoms with van der Waals surface area (Å²) in [5, 5.41) is 0. The molecule has 1 aliphatic heterocycles. The first-order chi connectivity index (χ1) is 15.3. The quantitative estimate of drug-likeness (QED) is 0.487. The van der Waals surface area contributed by atoms with Crippen LogP contribution in [-0.4, -0.2) is 31.2 Å². The molecule has 2 aromatic heterocycles. The second-order valence-corrected chi connectivity index (χ2v) is 9.27. The Morgan fingerprint density at radius 1 is 1.34 bits per heavy atom. The van der Waals surface area contributed by atoms with Crippen LogP contribution in [0.25, 0.3) is 6.08 Å². The van der Waals surface area contributed by atoms with Crippen LogP contribution >= 0.6 is 27.3 Å². The summed E-state index contributed by atoms with van der Waals surface area (Å²) in [6, 6.07) is 10.6. The average molecular weight is 516 g/mol. The van der Waals surface area contributed by atoms with Crippen LogP contribution in [-0.2, 0) is 9.53 Å². The van der Waals surface area contributed by atoms with Crippen LogP contribution in [0.2, 0.25) is 0 Å². The number of hydrogen-bond donors (Lipinski definition) is 0. The lowest BCUT2D eigenvalue weighted by Gasteiger charge is -2.24. The third-order valence-electron chi connectivity index (χ3n) is 5.00. The van der Waals surface area contributed by atoms with Crippen molar-refractivity contribution < 1.29 is 13.9 Å². The number of fused-ring (bicyclic) bond motifs is 1. The summed E-state index contributed by atoms with van der Waals surface area (Å²) in [6.07, 6.45) is 1.70. The number of esters is 1. The molecule has 9 heteroatoms. The number of carbonyl (C=O) groups excluding carboxylic acids is 1. The minimum atomic E-state index is -0.616. The van der Waals surface area contributed by atoms with Crippen LogP contribution in [0.1, 0.15) is 31.2 Å². The van der Waals surface area contributed by atoms with E-state index in [0.717, 1.165) is 10.0 Å². The number of aromatic nitrogens is 1. The monoisotopic (exact) mass is 515 g/mol. The molecule has 7 nitrogen and oxygen atoms in total. The van der Waals surface area contributed by atoms with Crippen LogP contribution in [0.4, 0.5) is 5.88 Å². The number of nitrogens with zero attached hydrogens (tertiary/aromatic N) is 3. The first-order valence-electron chi connectivity index (χ1n) is 10.0. The molecule has 0 fully saturated rings. The van der Waals surface area contributed by atoms with E-state index in [9.17, 15) is 9.59 Å². The van der Waals surface area contributed by atoms with E-state index in [1.54, 1.807) is 24.5 Å². The molecule has 0 saturated heterocycles. The van der Waals surface area contributed by atoms with Gasteiger partial charge in [0.05, 0.1) is 32.9 Å². The number of ether oxygens (including phenoxy) is 1. The van der Waals surface area contributed by atoms with Crippen molar-refractivity contribution in [1.29, 1.82) is 0 Å². The number of carbonyl (C=O) groups is 1. The second-order valence-electron chi connectivity index (χ2n) is 7.41. The summed E-state index contributed by atoms with van der Waals surface area (Å²) in [6.45, 7) is 3.76. The first-order valence-corrected chi connectivity index (χ1v) is 11.6. The minimum absolute atomic E-state index is 0.239. The molecule has 0 radical (unpaired) electrons. The summed E-state index contributed by atoms with van der Waals surface area (Å²) in [4.78, 5) is 33.3. The molecule has 32 heavy (non-hydrogen) atoms. The Balaban J connectivity index is 1.92. The highest BCUT2D eigenvalue weighted by Gasteiger charge is 2.33. The number of halogens is 1. The van der Waals surface area contributed by atoms with Gasteiger partial charge in [0, 0.05) is 26.2 Å². The zero-order valence-corrected chi connectivity index (χ0v) is 20.5. The van der Waals surface area contributed by atoms with Gasteiger partial charge in [-0.25, -0.2) is 9.79 Å². The van der Waals surface area contributed by atoms with E-state index in [0.29, 0.717) is 32.2 Å². The molecular weight excluding hydrogens is 494 g/mol. The lowest BCUT2D eigenvalue weighted by Crippen LogP contribution is -2.39. The predicted octanol–water partition coefficient (Wildman–Crippen LogP) is 3.22. The molecule has 3 aromatic rings. The molecule has 1 aromatic carbocycles. The molecule has 3 heterocycles. The molecule has 166 valence electrons. The first kappa shape index (κ1) is 22.3. The lowest BCUT2D eigenvalue weighted by molar-refractivity contribution is -0.139. The summed E-state index contributed by atoms with van der Waals surface area (Å²) in [5.41, 5.74) is 1.48. The predicted molar refractivity (Wildman–Crippen MR) is 128 cm³/mol. The van der Waals surface area contributed by atoms with Gasteiger partial charge in [0.15, 0.2) is 4.80 Å². The van der Waals surface area contributed by atoms with Gasteiger partial charge in [0.25, 0.3) is 5.56 Å². The number of benzene rings is 1. The van der Waals surface area contributed by atoms with E-state index in [4.69, 9.17) is 9.15 Å². The maximum atomic E-state index is 13.5. The summed E-state index contributed by atoms with van der Waals surface area (Å²) in [5.74, 6) is 0.734. The van der Waals surface area contributed by atoms with Crippen LogP contribution in [0.3, 0.4) is 0 Å². The van der Waals surface area contributed by atoms with Crippen molar-refractivity contribution in [2.24, 2.45) is 4.99 Å². The number of rotatable bonds is 5. The maximum absolute atomic E-state index is 13.5. The van der Waals surface area contributed by atoms with Gasteiger partial charge in [-0.05, 0) is 35.3 Å². The highest BCUT2D eigenvalue weighted by molar-refractivity contribution is 9.10. The minimum Gasteiger partial charge on any atom is -0.463 e. The molecule has 0 saturated carbocycles. The van der Waals surface area contributed by atoms with Crippen LogP contribution < -0.4 is 19.8 Å². The van der Waals surface area contributed by atoms with E-state index < -0.39 is 12.0 Å². The van der Waals surface area contributed by atoms with Gasteiger partial charge in [-0.1, -0.05) is 41.7 Å². The standard InChI is InChI=1S/C23H22BrN3O4S/c1-5-30-22(29)18-13(2)25-23-27(19(18)14-9-7-6-8-10-14)20(28)17(32-23)12-15-11-16(24)21(31-15)26(3)4/h6-12,19H,5H2,1-4H3/b17-12+/t19-/m0/s1. The van der Waals surface area contributed by atoms with Crippen molar-refractivity contribution in [2.75, 3.05) is 25.6 Å². The van der Waals surface area contributed by atoms with Gasteiger partial charge in [-0.2, -0.15) is 0 Å². The lowest BCUT2D eigenvalue weighted by atomic mass is 9.96. The van der Waals surface area contributed by atoms with E-state index in [1.165, 1.54) is 11.3 Å². The van der Waals surface area contributed by atoms with E-state index >= 15 is 0 Å². The zero-order chi connectivity index (χ0) is 23.0. The van der Waals surface area contributed by atoms with Crippen LogP contribution in [0, 0.1) is 0 Å². The van der Waals surface area contributed by atoms with Gasteiger partial charge < -0.3 is 14.1 Å². The molecule has 0 amide bonds. The Bertz CT molecular complexity index is 1380. The molecule has 0 spiro atoms. The molecule has 0 bridgehead atoms. The second kappa shape index (κ2) is 8.91. The highest BCUT2D eigenvalue weighted by Crippen LogP contribution is 2.31. The fraction of sp³-hybridized carbons (Fsp3) is 0.261. The fourth-order valence-electron chi connectivity index (χ4n) is 3.62. The van der Waals surface area contributed by atoms with E-state index in [2.05, 4.69) is 20.9 Å². The molecule has 0 aliphatic carbocycles. The van der Waals surface area contributed by atoms with Gasteiger partial charge in [-0.3, -0.25) is 9.36 Å². The van der Waals surface area contributed by atoms with Crippen molar-refractivity contribution >= 4 is 45.2 Å². The SMILES string of the molecule is CCOC(=O)C1=C(C)N=c2s/c(=C/c3cc(Br)c(N(C)C)o3)c(=O)n2[C@H]1c1ccccc1. The van der Waals surface area contributed by atoms with Crippen molar-refractivity contribution in [3.05, 3.63) is 83.2 Å². The molecule has 4 rings (SSSR count). The van der Waals surface area contributed by atoms with Crippen LogP contribution in [0.5, 0.6) is 0 Å². The Hall–Kier alpha value is -2.91. The molecule has 1 aliphatic rings. The van der Waals surface area contributed by atoms with Crippen molar-refractivity contribution in [3.63, 3.8) is 0 Å². The smallest absolute Gasteiger partial charge is 0.338 e. The normalized spacial score (nSPS) is 16.0. The Kier molecular flexibility index (Phi) is 6.21. The maximum Gasteiger partial charge on any atom is 0.338 e. The Morgan fingerprint density at radius 2 is 2.06 bits per heavy atom. The number of hydrogen-bond acceptors (Lipinski definition) is 7. The highest BCUT2D eigenvalue weighted by atomic mass is 79.9. The van der Waals surface area contributed by atoms with Crippen molar-refractivity contribution in [2.45, 2.75) is 19.9 Å². The third kappa shape index (κ3) is 3.98. The Labute approximate surface area is 197 Å². The molecular formula is C23H22BrN3O4S. The summed E-state index contributed by atoms with van der Waals surface area (Å²) >= 11 is 4.74. The van der Waals surface area contributed by atoms with Gasteiger partial charge in [0.2, 0.25) is 5.88 Å². The van der Waals surface area contributed by atoms with Gasteiger partial charge in [-0.15, -0.1) is 0 Å². The van der Waals surface area contributed by atoms with E-state index in [-0.39, 0.29) is 12.2 Å². The number of allylic oxidation sites excluding steroid dienone is 1. The molecule has 1 atom stereocenters. The summed E-state index contributed by atoms with van der Waals surface area (Å²) < 4.78 is 14.0. The van der Waals surface area contributed by atoms with Gasteiger partial charge >= 0.3 is 5.97 Å². The molecule has 0 N–H and O–H groups in total. The van der Waals surface area contributed by atoms with E-state index in [1.807, 2.05) is 55.4 Å². The largest absolute Gasteiger partial charge is 0.463 e. The van der Waals surface area contributed by atoms with Crippen molar-refractivity contribution in [1.82, 2.24) is 4.57 Å². The third-order valence-corrected chi connectivity index (χ3v) is 6.55. The van der Waals surface area contributed by atoms with Gasteiger partial charge in [0.1, 0.15) is 5.76 Å².